The molecule has 0 atom stereocenters. The maximum Gasteiger partial charge on any atom is 0.275 e. The summed E-state index contributed by atoms with van der Waals surface area (Å²) in [6, 6.07) is 1.93. The van der Waals surface area contributed by atoms with Gasteiger partial charge in [-0.15, -0.1) is 11.3 Å². The van der Waals surface area contributed by atoms with Gasteiger partial charge in [0.1, 0.15) is 22.1 Å². The van der Waals surface area contributed by atoms with Gasteiger partial charge in [-0.3, -0.25) is 14.6 Å². The first-order chi connectivity index (χ1) is 16.0. The van der Waals surface area contributed by atoms with E-state index in [9.17, 15) is 13.6 Å². The molecule has 4 heterocycles. The van der Waals surface area contributed by atoms with Crippen LogP contribution in [0.5, 0.6) is 0 Å². The zero-order chi connectivity index (χ0) is 22.9. The fourth-order valence-corrected chi connectivity index (χ4v) is 4.40. The molecule has 1 fully saturated rings. The molecule has 1 saturated carbocycles. The van der Waals surface area contributed by atoms with Crippen molar-refractivity contribution in [3.8, 4) is 22.0 Å². The number of hydrogen-bond acceptors (Lipinski definition) is 7. The van der Waals surface area contributed by atoms with Crippen LogP contribution in [0.1, 0.15) is 36.3 Å². The van der Waals surface area contributed by atoms with Crippen LogP contribution in [-0.2, 0) is 4.74 Å². The molecule has 5 rings (SSSR count). The summed E-state index contributed by atoms with van der Waals surface area (Å²) in [6.07, 6.45) is 6.49. The van der Waals surface area contributed by atoms with Gasteiger partial charge in [-0.05, 0) is 31.9 Å². The second-order valence-corrected chi connectivity index (χ2v) is 8.38. The molecule has 33 heavy (non-hydrogen) atoms. The second-order valence-electron chi connectivity index (χ2n) is 7.52. The van der Waals surface area contributed by atoms with Crippen molar-refractivity contribution in [1.29, 1.82) is 0 Å². The maximum atomic E-state index is 14.5. The van der Waals surface area contributed by atoms with Gasteiger partial charge in [-0.1, -0.05) is 0 Å². The van der Waals surface area contributed by atoms with Crippen LogP contribution in [0.25, 0.3) is 22.0 Å². The van der Waals surface area contributed by atoms with Gasteiger partial charge >= 0.3 is 0 Å². The van der Waals surface area contributed by atoms with Crippen LogP contribution in [0, 0.1) is 11.8 Å². The Labute approximate surface area is 190 Å². The quantitative estimate of drug-likeness (QED) is 0.393. The molecule has 0 unspecified atom stereocenters. The molecule has 1 aliphatic carbocycles. The summed E-state index contributed by atoms with van der Waals surface area (Å²) < 4.78 is 35.5. The van der Waals surface area contributed by atoms with E-state index in [0.29, 0.717) is 11.6 Å². The van der Waals surface area contributed by atoms with Gasteiger partial charge in [0, 0.05) is 29.9 Å². The van der Waals surface area contributed by atoms with E-state index in [1.807, 2.05) is 6.92 Å². The molecule has 4 aromatic heterocycles. The summed E-state index contributed by atoms with van der Waals surface area (Å²) in [5, 5.41) is 16.0. The number of pyridine rings is 1. The third-order valence-electron chi connectivity index (χ3n) is 5.34. The summed E-state index contributed by atoms with van der Waals surface area (Å²) in [7, 11) is 0. The Kier molecular flexibility index (Phi) is 5.68. The number of halogens is 2. The van der Waals surface area contributed by atoms with Crippen molar-refractivity contribution in [3.05, 3.63) is 53.6 Å². The van der Waals surface area contributed by atoms with Gasteiger partial charge in [0.2, 0.25) is 5.95 Å². The molecule has 0 aliphatic heterocycles. The Balaban J connectivity index is 1.44. The number of rotatable bonds is 7. The van der Waals surface area contributed by atoms with E-state index in [0.717, 1.165) is 30.5 Å². The normalized spacial score (nSPS) is 17.7. The van der Waals surface area contributed by atoms with Crippen molar-refractivity contribution in [3.63, 3.8) is 0 Å². The molecule has 0 saturated heterocycles. The number of H-pyrrole nitrogens is 1. The van der Waals surface area contributed by atoms with Gasteiger partial charge in [-0.2, -0.15) is 14.6 Å². The van der Waals surface area contributed by atoms with E-state index in [-0.39, 0.29) is 34.9 Å². The number of thiazole rings is 1. The highest BCUT2D eigenvalue weighted by molar-refractivity contribution is 7.13. The number of carbonyl (C=O) groups excluding carboxylic acids is 1. The number of nitrogens with zero attached hydrogens (tertiary/aromatic N) is 5. The molecule has 1 amide bonds. The van der Waals surface area contributed by atoms with Crippen LogP contribution in [-0.4, -0.2) is 48.6 Å². The molecular formula is C21H19F2N7O2S. The standard InChI is InChI=1S/C21H19F2N7O2S/c1-2-32-13-5-12(6-13)30-9-15(19(29-30)18-14(22)3-4-17(23)28-18)26-20(31)16-10-33-21(27-16)11-7-24-25-8-11/h3-4,7-10,12-13H,2,5-6H2,1H3,(H,24,25)(H,26,31)/t12-,13+. The first-order valence-electron chi connectivity index (χ1n) is 10.3. The zero-order valence-electron chi connectivity index (χ0n) is 17.5. The number of carbonyl (C=O) groups is 1. The SMILES string of the molecule is CCO[C@H]1C[C@@H](n2cc(NC(=O)c3csc(-c4cn[nH]c4)n3)c(-c3nc(F)ccc3F)n2)C1. The smallest absolute Gasteiger partial charge is 0.275 e. The second kappa shape index (κ2) is 8.79. The molecule has 2 N–H and O–H groups in total. The van der Waals surface area contributed by atoms with Crippen LogP contribution in [0.15, 0.2) is 36.1 Å². The predicted molar refractivity (Wildman–Crippen MR) is 117 cm³/mol. The lowest BCUT2D eigenvalue weighted by atomic mass is 9.89. The van der Waals surface area contributed by atoms with Crippen molar-refractivity contribution < 1.29 is 18.3 Å². The number of anilines is 1. The average molecular weight is 471 g/mol. The van der Waals surface area contributed by atoms with Gasteiger partial charge < -0.3 is 10.1 Å². The highest BCUT2D eigenvalue weighted by atomic mass is 32.1. The van der Waals surface area contributed by atoms with Crippen molar-refractivity contribution in [1.82, 2.24) is 29.9 Å². The topological polar surface area (TPSA) is 111 Å². The van der Waals surface area contributed by atoms with Gasteiger partial charge in [0.25, 0.3) is 5.91 Å². The average Bonchev–Trinajstić information content (AvgIpc) is 3.52. The van der Waals surface area contributed by atoms with Crippen molar-refractivity contribution in [2.24, 2.45) is 0 Å². The monoisotopic (exact) mass is 471 g/mol. The molecular weight excluding hydrogens is 452 g/mol. The van der Waals surface area contributed by atoms with E-state index < -0.39 is 17.7 Å². The number of aromatic amines is 1. The van der Waals surface area contributed by atoms with Crippen molar-refractivity contribution in [2.75, 3.05) is 11.9 Å². The maximum absolute atomic E-state index is 14.5. The molecule has 0 bridgehead atoms. The van der Waals surface area contributed by atoms with Crippen LogP contribution < -0.4 is 5.32 Å². The Morgan fingerprint density at radius 1 is 1.30 bits per heavy atom. The third kappa shape index (κ3) is 4.26. The lowest BCUT2D eigenvalue weighted by molar-refractivity contribution is -0.0226. The molecule has 9 nitrogen and oxygen atoms in total. The highest BCUT2D eigenvalue weighted by Crippen LogP contribution is 2.37. The van der Waals surface area contributed by atoms with Gasteiger partial charge in [0.15, 0.2) is 5.82 Å². The van der Waals surface area contributed by atoms with E-state index >= 15 is 0 Å². The molecule has 0 spiro atoms. The Morgan fingerprint density at radius 2 is 2.15 bits per heavy atom. The highest BCUT2D eigenvalue weighted by Gasteiger charge is 2.33. The predicted octanol–water partition coefficient (Wildman–Crippen LogP) is 4.06. The van der Waals surface area contributed by atoms with Crippen LogP contribution in [0.4, 0.5) is 14.5 Å². The summed E-state index contributed by atoms with van der Waals surface area (Å²) in [5.74, 6) is -2.09. The van der Waals surface area contributed by atoms with Crippen LogP contribution in [0.2, 0.25) is 0 Å². The van der Waals surface area contributed by atoms with Crippen LogP contribution >= 0.6 is 11.3 Å². The third-order valence-corrected chi connectivity index (χ3v) is 6.24. The fourth-order valence-electron chi connectivity index (χ4n) is 3.62. The molecule has 170 valence electrons. The number of ether oxygens (including phenoxy) is 1. The largest absolute Gasteiger partial charge is 0.378 e. The van der Waals surface area contributed by atoms with Crippen molar-refractivity contribution in [2.45, 2.75) is 31.9 Å². The zero-order valence-corrected chi connectivity index (χ0v) is 18.3. The van der Waals surface area contributed by atoms with Gasteiger partial charge in [0.05, 0.1) is 24.0 Å². The van der Waals surface area contributed by atoms with Crippen molar-refractivity contribution >= 4 is 22.9 Å². The van der Waals surface area contributed by atoms with E-state index in [2.05, 4.69) is 30.6 Å². The Bertz CT molecular complexity index is 1280. The summed E-state index contributed by atoms with van der Waals surface area (Å²) in [4.78, 5) is 20.9. The summed E-state index contributed by atoms with van der Waals surface area (Å²) >= 11 is 1.29. The molecule has 1 aliphatic rings. The number of hydrogen-bond donors (Lipinski definition) is 2. The Hall–Kier alpha value is -3.51. The first kappa shape index (κ1) is 21.3. The van der Waals surface area contributed by atoms with Gasteiger partial charge in [-0.25, -0.2) is 14.4 Å². The molecule has 0 radical (unpaired) electrons. The number of nitrogens with one attached hydrogen (secondary N) is 2. The fraction of sp³-hybridized carbons (Fsp3) is 0.286. The minimum atomic E-state index is -0.845. The number of aromatic nitrogens is 6. The first-order valence-corrected chi connectivity index (χ1v) is 11.2. The molecule has 4 aromatic rings. The lowest BCUT2D eigenvalue weighted by Crippen LogP contribution is -2.33. The van der Waals surface area contributed by atoms with E-state index in [4.69, 9.17) is 4.74 Å². The minimum absolute atomic E-state index is 0.0227. The summed E-state index contributed by atoms with van der Waals surface area (Å²) in [6.45, 7) is 2.55. The minimum Gasteiger partial charge on any atom is -0.378 e. The Morgan fingerprint density at radius 3 is 2.91 bits per heavy atom. The van der Waals surface area contributed by atoms with E-state index in [1.54, 1.807) is 28.7 Å². The molecule has 12 heteroatoms. The molecule has 0 aromatic carbocycles. The lowest BCUT2D eigenvalue weighted by Gasteiger charge is -2.34. The summed E-state index contributed by atoms with van der Waals surface area (Å²) in [5.41, 5.74) is 0.928. The van der Waals surface area contributed by atoms with Crippen LogP contribution in [0.3, 0.4) is 0 Å². The van der Waals surface area contributed by atoms with E-state index in [1.165, 1.54) is 11.3 Å². The number of amides is 1.